The van der Waals surface area contributed by atoms with E-state index < -0.39 is 12.1 Å². The van der Waals surface area contributed by atoms with Gasteiger partial charge in [-0.15, -0.1) is 17.8 Å². The third-order valence-corrected chi connectivity index (χ3v) is 4.97. The molecule has 0 saturated carbocycles. The van der Waals surface area contributed by atoms with E-state index in [4.69, 9.17) is 6.42 Å². The number of benzene rings is 1. The highest BCUT2D eigenvalue weighted by Crippen LogP contribution is 2.28. The van der Waals surface area contributed by atoms with Crippen molar-refractivity contribution >= 4 is 29.0 Å². The number of anilines is 2. The number of carbonyl (C=O) groups is 1. The summed E-state index contributed by atoms with van der Waals surface area (Å²) < 4.78 is 0. The summed E-state index contributed by atoms with van der Waals surface area (Å²) in [5, 5.41) is 17.2. The predicted octanol–water partition coefficient (Wildman–Crippen LogP) is 3.11. The molecule has 0 aliphatic heterocycles. The van der Waals surface area contributed by atoms with Crippen LogP contribution in [0.4, 0.5) is 16.4 Å². The molecule has 29 heavy (non-hydrogen) atoms. The molecule has 2 amide bonds. The Morgan fingerprint density at radius 1 is 1.31 bits per heavy atom. The zero-order valence-electron chi connectivity index (χ0n) is 16.1. The molecule has 3 rings (SSSR count). The van der Waals surface area contributed by atoms with Crippen molar-refractivity contribution in [3.05, 3.63) is 58.5 Å². The molecule has 148 valence electrons. The van der Waals surface area contributed by atoms with Crippen LogP contribution in [0.2, 0.25) is 0 Å². The van der Waals surface area contributed by atoms with E-state index in [9.17, 15) is 9.90 Å². The van der Waals surface area contributed by atoms with Crippen LogP contribution in [0, 0.1) is 12.3 Å². The molecule has 0 radical (unpaired) electrons. The average molecular weight is 407 g/mol. The Labute approximate surface area is 173 Å². The van der Waals surface area contributed by atoms with Crippen LogP contribution in [-0.2, 0) is 0 Å². The molecule has 1 aromatic carbocycles. The second-order valence-electron chi connectivity index (χ2n) is 6.41. The number of aromatic nitrogens is 2. The summed E-state index contributed by atoms with van der Waals surface area (Å²) in [6.07, 6.45) is 7.04. The minimum Gasteiger partial charge on any atom is -0.394 e. The number of rotatable bonds is 6. The van der Waals surface area contributed by atoms with Crippen molar-refractivity contribution in [3.8, 4) is 23.5 Å². The van der Waals surface area contributed by atoms with Gasteiger partial charge >= 0.3 is 6.03 Å². The molecule has 2 aromatic heterocycles. The summed E-state index contributed by atoms with van der Waals surface area (Å²) in [4.78, 5) is 22.7. The van der Waals surface area contributed by atoms with Gasteiger partial charge in [0.2, 0.25) is 0 Å². The number of pyridine rings is 1. The van der Waals surface area contributed by atoms with E-state index in [1.165, 1.54) is 11.3 Å². The van der Waals surface area contributed by atoms with Crippen molar-refractivity contribution in [1.82, 2.24) is 15.3 Å². The lowest BCUT2D eigenvalue weighted by atomic mass is 10.0. The van der Waals surface area contributed by atoms with Crippen molar-refractivity contribution in [2.45, 2.75) is 6.04 Å². The quantitative estimate of drug-likeness (QED) is 0.546. The van der Waals surface area contributed by atoms with Gasteiger partial charge in [-0.3, -0.25) is 5.32 Å². The fraction of sp³-hybridized carbons (Fsp3) is 0.190. The van der Waals surface area contributed by atoms with Gasteiger partial charge in [0.25, 0.3) is 0 Å². The van der Waals surface area contributed by atoms with Crippen LogP contribution >= 0.6 is 11.3 Å². The summed E-state index contributed by atoms with van der Waals surface area (Å²) in [6.45, 7) is -0.241. The molecular weight excluding hydrogens is 386 g/mol. The van der Waals surface area contributed by atoms with E-state index in [1.807, 2.05) is 55.4 Å². The first-order chi connectivity index (χ1) is 14.0. The molecule has 0 bridgehead atoms. The van der Waals surface area contributed by atoms with Gasteiger partial charge in [-0.25, -0.2) is 14.8 Å². The van der Waals surface area contributed by atoms with Gasteiger partial charge in [0.15, 0.2) is 5.01 Å². The van der Waals surface area contributed by atoms with Crippen LogP contribution in [0.5, 0.6) is 0 Å². The van der Waals surface area contributed by atoms with Crippen molar-refractivity contribution in [2.75, 3.05) is 30.9 Å². The highest BCUT2D eigenvalue weighted by molar-refractivity contribution is 7.10. The number of hydrogen-bond acceptors (Lipinski definition) is 6. The number of nitrogens with one attached hydrogen (secondary N) is 2. The first kappa shape index (κ1) is 20.3. The number of urea groups is 1. The first-order valence-corrected chi connectivity index (χ1v) is 9.73. The zero-order valence-corrected chi connectivity index (χ0v) is 16.9. The van der Waals surface area contributed by atoms with Crippen molar-refractivity contribution in [1.29, 1.82) is 0 Å². The minimum atomic E-state index is -0.558. The first-order valence-electron chi connectivity index (χ1n) is 8.85. The van der Waals surface area contributed by atoms with E-state index in [0.29, 0.717) is 10.8 Å². The molecule has 0 saturated heterocycles. The van der Waals surface area contributed by atoms with Crippen LogP contribution in [0.3, 0.4) is 0 Å². The van der Waals surface area contributed by atoms with Gasteiger partial charge in [0, 0.05) is 31.2 Å². The Morgan fingerprint density at radius 3 is 2.69 bits per heavy atom. The maximum Gasteiger partial charge on any atom is 0.320 e. The molecule has 3 aromatic rings. The highest BCUT2D eigenvalue weighted by Gasteiger charge is 2.15. The SMILES string of the molecule is C#Cc1nc(NC(=O)N[C@@H](CO)c2ccc(-c3cccnc3N(C)C)cc2)cs1. The number of amides is 2. The van der Waals surface area contributed by atoms with Crippen LogP contribution < -0.4 is 15.5 Å². The molecule has 8 heteroatoms. The lowest BCUT2D eigenvalue weighted by Crippen LogP contribution is -2.34. The van der Waals surface area contributed by atoms with Gasteiger partial charge in [-0.2, -0.15) is 0 Å². The topological polar surface area (TPSA) is 90.4 Å². The van der Waals surface area contributed by atoms with Gasteiger partial charge in [0.05, 0.1) is 12.6 Å². The summed E-state index contributed by atoms with van der Waals surface area (Å²) in [5.74, 6) is 3.66. The normalized spacial score (nSPS) is 11.4. The van der Waals surface area contributed by atoms with Crippen LogP contribution in [0.25, 0.3) is 11.1 Å². The maximum atomic E-state index is 12.2. The molecule has 0 unspecified atom stereocenters. The fourth-order valence-electron chi connectivity index (χ4n) is 2.82. The molecule has 0 aliphatic rings. The van der Waals surface area contributed by atoms with E-state index in [1.54, 1.807) is 11.6 Å². The molecule has 2 heterocycles. The van der Waals surface area contributed by atoms with Crippen molar-refractivity contribution in [2.24, 2.45) is 0 Å². The number of carbonyl (C=O) groups excluding carboxylic acids is 1. The van der Waals surface area contributed by atoms with Gasteiger partial charge in [-0.05, 0) is 29.2 Å². The second-order valence-corrected chi connectivity index (χ2v) is 7.26. The number of hydrogen-bond donors (Lipinski definition) is 3. The Bertz CT molecular complexity index is 1020. The number of nitrogens with zero attached hydrogens (tertiary/aromatic N) is 3. The van der Waals surface area contributed by atoms with Gasteiger partial charge in [-0.1, -0.05) is 24.3 Å². The van der Waals surface area contributed by atoms with E-state index >= 15 is 0 Å². The lowest BCUT2D eigenvalue weighted by molar-refractivity contribution is 0.225. The predicted molar refractivity (Wildman–Crippen MR) is 116 cm³/mol. The number of thiazole rings is 1. The molecule has 0 fully saturated rings. The second kappa shape index (κ2) is 9.19. The Morgan fingerprint density at radius 2 is 2.07 bits per heavy atom. The molecule has 0 aliphatic carbocycles. The number of terminal acetylenes is 1. The van der Waals surface area contributed by atoms with Gasteiger partial charge in [0.1, 0.15) is 11.6 Å². The standard InChI is InChI=1S/C21H21N5O2S/c1-4-19-24-18(13-29-19)25-21(28)23-17(12-27)15-9-7-14(8-10-15)16-6-5-11-22-20(16)26(2)3/h1,5-11,13,17,27H,12H2,2-3H3,(H2,23,25,28)/t17-/m0/s1. The average Bonchev–Trinajstić information content (AvgIpc) is 3.19. The smallest absolute Gasteiger partial charge is 0.320 e. The summed E-state index contributed by atoms with van der Waals surface area (Å²) in [6, 6.07) is 10.5. The Kier molecular flexibility index (Phi) is 6.44. The molecule has 1 atom stereocenters. The van der Waals surface area contributed by atoms with E-state index in [2.05, 4.69) is 26.5 Å². The fourth-order valence-corrected chi connectivity index (χ4v) is 3.37. The molecule has 0 spiro atoms. The van der Waals surface area contributed by atoms with Gasteiger partial charge < -0.3 is 15.3 Å². The highest BCUT2D eigenvalue weighted by atomic mass is 32.1. The van der Waals surface area contributed by atoms with Crippen LogP contribution in [0.15, 0.2) is 48.0 Å². The number of aliphatic hydroxyl groups is 1. The van der Waals surface area contributed by atoms with Crippen molar-refractivity contribution < 1.29 is 9.90 Å². The Balaban J connectivity index is 1.72. The zero-order chi connectivity index (χ0) is 20.8. The van der Waals surface area contributed by atoms with Crippen molar-refractivity contribution in [3.63, 3.8) is 0 Å². The summed E-state index contributed by atoms with van der Waals surface area (Å²) >= 11 is 1.27. The minimum absolute atomic E-state index is 0.241. The maximum absolute atomic E-state index is 12.2. The summed E-state index contributed by atoms with van der Waals surface area (Å²) in [5.41, 5.74) is 2.78. The van der Waals surface area contributed by atoms with E-state index in [-0.39, 0.29) is 6.61 Å². The van der Waals surface area contributed by atoms with Crippen LogP contribution in [0.1, 0.15) is 16.6 Å². The third kappa shape index (κ3) is 4.90. The lowest BCUT2D eigenvalue weighted by Gasteiger charge is -2.18. The van der Waals surface area contributed by atoms with Crippen LogP contribution in [-0.4, -0.2) is 41.8 Å². The molecule has 3 N–H and O–H groups in total. The molecule has 7 nitrogen and oxygen atoms in total. The monoisotopic (exact) mass is 407 g/mol. The van der Waals surface area contributed by atoms with E-state index in [0.717, 1.165) is 22.5 Å². The largest absolute Gasteiger partial charge is 0.394 e. The summed E-state index contributed by atoms with van der Waals surface area (Å²) in [7, 11) is 3.89. The third-order valence-electron chi connectivity index (χ3n) is 4.19. The Hall–Kier alpha value is -3.41. The number of aliphatic hydroxyl groups excluding tert-OH is 1. The molecular formula is C21H21N5O2S.